The number of rotatable bonds is 4. The number of anilines is 2. The summed E-state index contributed by atoms with van der Waals surface area (Å²) in [5.74, 6) is 0.784. The maximum Gasteiger partial charge on any atom is 0.231 e. The second kappa shape index (κ2) is 12.1. The zero-order valence-electron chi connectivity index (χ0n) is 31.3. The van der Waals surface area contributed by atoms with Crippen molar-refractivity contribution < 1.29 is 0 Å². The number of allylic oxidation sites excluding steroid dienone is 2. The lowest BCUT2D eigenvalue weighted by atomic mass is 9.80. The van der Waals surface area contributed by atoms with E-state index in [9.17, 15) is 0 Å². The van der Waals surface area contributed by atoms with E-state index in [1.165, 1.54) is 54.2 Å². The van der Waals surface area contributed by atoms with Crippen LogP contribution in [0.4, 0.5) is 11.6 Å². The standard InChI is InChI=1S/C53H36N4/c1-53-29-11-10-19-45(53)43-27-28-49-50(44-18-8-9-20-48(44)56(49)42-26-25-36-14-4-7-17-39(36)32-42)51(43)57(53)52-54-46(40-23-21-34-12-2-5-15-37(34)30-40)33-47(55-52)41-24-22-35-13-3-6-16-38(35)31-41/h2-33,45H,1H3/t45?,53-/m1/s1. The summed E-state index contributed by atoms with van der Waals surface area (Å²) in [6, 6.07) is 61.4. The monoisotopic (exact) mass is 728 g/mol. The fourth-order valence-corrected chi connectivity index (χ4v) is 9.58. The van der Waals surface area contributed by atoms with Crippen molar-refractivity contribution in [1.29, 1.82) is 0 Å². The van der Waals surface area contributed by atoms with Gasteiger partial charge in [-0.25, -0.2) is 9.97 Å². The van der Waals surface area contributed by atoms with Gasteiger partial charge in [-0.2, -0.15) is 0 Å². The molecule has 1 unspecified atom stereocenters. The van der Waals surface area contributed by atoms with Gasteiger partial charge in [-0.15, -0.1) is 0 Å². The summed E-state index contributed by atoms with van der Waals surface area (Å²) in [6.07, 6.45) is 9.07. The first kappa shape index (κ1) is 32.0. The molecule has 0 radical (unpaired) electrons. The number of para-hydroxylation sites is 1. The van der Waals surface area contributed by atoms with Crippen LogP contribution in [-0.2, 0) is 0 Å². The van der Waals surface area contributed by atoms with Crippen molar-refractivity contribution in [3.63, 3.8) is 0 Å². The van der Waals surface area contributed by atoms with Crippen LogP contribution in [0.2, 0.25) is 0 Å². The second-order valence-electron chi connectivity index (χ2n) is 15.6. The number of fused-ring (bicyclic) bond motifs is 10. The van der Waals surface area contributed by atoms with E-state index < -0.39 is 5.54 Å². The molecule has 12 rings (SSSR count). The van der Waals surface area contributed by atoms with Gasteiger partial charge in [0.1, 0.15) is 0 Å². The predicted octanol–water partition coefficient (Wildman–Crippen LogP) is 13.5. The molecule has 57 heavy (non-hydrogen) atoms. The Morgan fingerprint density at radius 2 is 1.09 bits per heavy atom. The van der Waals surface area contributed by atoms with E-state index in [0.717, 1.165) is 39.4 Å². The maximum absolute atomic E-state index is 5.55. The fourth-order valence-electron chi connectivity index (χ4n) is 9.58. The molecule has 10 aromatic rings. The van der Waals surface area contributed by atoms with Crippen molar-refractivity contribution in [1.82, 2.24) is 14.5 Å². The second-order valence-corrected chi connectivity index (χ2v) is 15.6. The number of nitrogens with zero attached hydrogens (tertiary/aromatic N) is 4. The Balaban J connectivity index is 1.15. The minimum atomic E-state index is -0.458. The highest BCUT2D eigenvalue weighted by atomic mass is 15.3. The van der Waals surface area contributed by atoms with Gasteiger partial charge in [-0.05, 0) is 87.3 Å². The lowest BCUT2D eigenvalue weighted by Gasteiger charge is -2.38. The largest absolute Gasteiger partial charge is 0.309 e. The molecule has 0 amide bonds. The summed E-state index contributed by atoms with van der Waals surface area (Å²) >= 11 is 0. The molecular weight excluding hydrogens is 693 g/mol. The molecule has 4 nitrogen and oxygen atoms in total. The Kier molecular flexibility index (Phi) is 6.79. The molecule has 268 valence electrons. The van der Waals surface area contributed by atoms with Crippen molar-refractivity contribution in [3.05, 3.63) is 200 Å². The minimum Gasteiger partial charge on any atom is -0.309 e. The van der Waals surface area contributed by atoms with Crippen LogP contribution in [0.25, 0.3) is 82.3 Å². The third-order valence-electron chi connectivity index (χ3n) is 12.4. The Labute approximate surface area is 330 Å². The molecule has 0 saturated heterocycles. The molecule has 4 heteroatoms. The highest BCUT2D eigenvalue weighted by molar-refractivity contribution is 6.17. The summed E-state index contributed by atoms with van der Waals surface area (Å²) in [6.45, 7) is 2.34. The van der Waals surface area contributed by atoms with Crippen LogP contribution in [0.15, 0.2) is 194 Å². The zero-order chi connectivity index (χ0) is 37.7. The van der Waals surface area contributed by atoms with Gasteiger partial charge in [0.2, 0.25) is 5.95 Å². The molecule has 3 heterocycles. The van der Waals surface area contributed by atoms with E-state index in [4.69, 9.17) is 9.97 Å². The first-order valence-electron chi connectivity index (χ1n) is 19.7. The minimum absolute atomic E-state index is 0.0988. The van der Waals surface area contributed by atoms with Gasteiger partial charge in [0.15, 0.2) is 0 Å². The summed E-state index contributed by atoms with van der Waals surface area (Å²) in [7, 11) is 0. The van der Waals surface area contributed by atoms with Crippen LogP contribution < -0.4 is 4.90 Å². The van der Waals surface area contributed by atoms with E-state index in [1.54, 1.807) is 0 Å². The van der Waals surface area contributed by atoms with Crippen molar-refractivity contribution in [2.45, 2.75) is 18.4 Å². The molecule has 1 aliphatic heterocycles. The van der Waals surface area contributed by atoms with Gasteiger partial charge in [0, 0.05) is 33.5 Å². The number of aromatic nitrogens is 3. The molecule has 0 fully saturated rings. The third kappa shape index (κ3) is 4.80. The fraction of sp³-hybridized carbons (Fsp3) is 0.0566. The van der Waals surface area contributed by atoms with Crippen molar-refractivity contribution in [2.75, 3.05) is 4.90 Å². The first-order chi connectivity index (χ1) is 28.1. The average molecular weight is 729 g/mol. The zero-order valence-corrected chi connectivity index (χ0v) is 31.3. The van der Waals surface area contributed by atoms with E-state index in [2.05, 4.69) is 211 Å². The van der Waals surface area contributed by atoms with Crippen LogP contribution in [0.5, 0.6) is 0 Å². The maximum atomic E-state index is 5.55. The van der Waals surface area contributed by atoms with Crippen LogP contribution in [0, 0.1) is 0 Å². The third-order valence-corrected chi connectivity index (χ3v) is 12.4. The van der Waals surface area contributed by atoms with Gasteiger partial charge in [0.05, 0.1) is 33.6 Å². The molecule has 0 N–H and O–H groups in total. The Hall–Kier alpha value is -7.30. The molecule has 2 aliphatic rings. The van der Waals surface area contributed by atoms with E-state index >= 15 is 0 Å². The number of hydrogen-bond donors (Lipinski definition) is 0. The summed E-state index contributed by atoms with van der Waals surface area (Å²) in [4.78, 5) is 13.5. The Bertz CT molecular complexity index is 3250. The lowest BCUT2D eigenvalue weighted by Crippen LogP contribution is -2.42. The Morgan fingerprint density at radius 3 is 1.75 bits per heavy atom. The van der Waals surface area contributed by atoms with Crippen LogP contribution >= 0.6 is 0 Å². The number of benzene rings is 8. The average Bonchev–Trinajstić information content (AvgIpc) is 3.75. The van der Waals surface area contributed by atoms with E-state index in [0.29, 0.717) is 5.95 Å². The Morgan fingerprint density at radius 1 is 0.509 bits per heavy atom. The molecule has 0 spiro atoms. The van der Waals surface area contributed by atoms with Crippen LogP contribution in [0.1, 0.15) is 18.4 Å². The van der Waals surface area contributed by atoms with Gasteiger partial charge in [-0.1, -0.05) is 152 Å². The smallest absolute Gasteiger partial charge is 0.231 e. The van der Waals surface area contributed by atoms with Gasteiger partial charge < -0.3 is 4.57 Å². The summed E-state index contributed by atoms with van der Waals surface area (Å²) < 4.78 is 2.43. The van der Waals surface area contributed by atoms with Gasteiger partial charge in [-0.3, -0.25) is 4.90 Å². The van der Waals surface area contributed by atoms with E-state index in [-0.39, 0.29) is 5.92 Å². The molecule has 1 aliphatic carbocycles. The molecular formula is C53H36N4. The molecule has 2 aromatic heterocycles. The first-order valence-corrected chi connectivity index (χ1v) is 19.7. The SMILES string of the molecule is C[C@@]12C=CC=CC1c1ccc3c(c1N2c1nc(-c2ccc4ccccc4c2)cc(-c2ccc4ccccc4c2)n1)c1ccccc1n3-c1ccc2ccccc2c1. The predicted molar refractivity (Wildman–Crippen MR) is 238 cm³/mol. The van der Waals surface area contributed by atoms with Gasteiger partial charge >= 0.3 is 0 Å². The molecule has 0 bridgehead atoms. The van der Waals surface area contributed by atoms with Crippen molar-refractivity contribution >= 4 is 65.8 Å². The highest BCUT2D eigenvalue weighted by Crippen LogP contribution is 2.57. The summed E-state index contributed by atoms with van der Waals surface area (Å²) in [5.41, 5.74) is 9.35. The molecule has 0 saturated carbocycles. The normalized spacial score (nSPS) is 17.3. The highest BCUT2D eigenvalue weighted by Gasteiger charge is 2.49. The van der Waals surface area contributed by atoms with Crippen LogP contribution in [-0.4, -0.2) is 20.1 Å². The van der Waals surface area contributed by atoms with Gasteiger partial charge in [0.25, 0.3) is 0 Å². The van der Waals surface area contributed by atoms with Crippen molar-refractivity contribution in [2.24, 2.45) is 0 Å². The quantitative estimate of drug-likeness (QED) is 0.181. The topological polar surface area (TPSA) is 34.0 Å². The molecule has 8 aromatic carbocycles. The van der Waals surface area contributed by atoms with Crippen LogP contribution in [0.3, 0.4) is 0 Å². The molecule has 2 atom stereocenters. The van der Waals surface area contributed by atoms with Crippen molar-refractivity contribution in [3.8, 4) is 28.2 Å². The number of hydrogen-bond acceptors (Lipinski definition) is 3. The summed E-state index contributed by atoms with van der Waals surface area (Å²) in [5, 5.41) is 9.65. The lowest BCUT2D eigenvalue weighted by molar-refractivity contribution is 0.535. The van der Waals surface area contributed by atoms with E-state index in [1.807, 2.05) is 0 Å².